The van der Waals surface area contributed by atoms with Gasteiger partial charge in [-0.1, -0.05) is 18.6 Å². The average Bonchev–Trinajstić information content (AvgIpc) is 2.55. The van der Waals surface area contributed by atoms with Crippen molar-refractivity contribution in [2.24, 2.45) is 0 Å². The molecule has 1 aromatic carbocycles. The van der Waals surface area contributed by atoms with Crippen molar-refractivity contribution in [3.63, 3.8) is 0 Å². The molecule has 23 heavy (non-hydrogen) atoms. The third kappa shape index (κ3) is 5.58. The monoisotopic (exact) mass is 319 g/mol. The Morgan fingerprint density at radius 2 is 1.83 bits per heavy atom. The SMILES string of the molecule is COc1ccc(C(CC(=O)OC2CCCCC2)NC(C)=O)cc1. The van der Waals surface area contributed by atoms with Crippen LogP contribution in [0.2, 0.25) is 0 Å². The van der Waals surface area contributed by atoms with Gasteiger partial charge in [-0.25, -0.2) is 0 Å². The molecule has 0 aliphatic heterocycles. The Kier molecular flexibility index (Phi) is 6.44. The van der Waals surface area contributed by atoms with Crippen molar-refractivity contribution < 1.29 is 19.1 Å². The molecule has 0 radical (unpaired) electrons. The van der Waals surface area contributed by atoms with Gasteiger partial charge in [0.1, 0.15) is 11.9 Å². The van der Waals surface area contributed by atoms with Gasteiger partial charge in [0.2, 0.25) is 5.91 Å². The van der Waals surface area contributed by atoms with Crippen molar-refractivity contribution in [1.82, 2.24) is 5.32 Å². The standard InChI is InChI=1S/C18H25NO4/c1-13(20)19-17(14-8-10-15(22-2)11-9-14)12-18(21)23-16-6-4-3-5-7-16/h8-11,16-17H,3-7,12H2,1-2H3,(H,19,20). The maximum atomic E-state index is 12.2. The van der Waals surface area contributed by atoms with Crippen molar-refractivity contribution in [2.45, 2.75) is 57.6 Å². The highest BCUT2D eigenvalue weighted by molar-refractivity contribution is 5.76. The number of amides is 1. The number of methoxy groups -OCH3 is 1. The van der Waals surface area contributed by atoms with E-state index >= 15 is 0 Å². The number of carbonyl (C=O) groups excluding carboxylic acids is 2. The van der Waals surface area contributed by atoms with Crippen molar-refractivity contribution >= 4 is 11.9 Å². The van der Waals surface area contributed by atoms with Gasteiger partial charge in [-0.3, -0.25) is 9.59 Å². The first-order valence-corrected chi connectivity index (χ1v) is 8.19. The number of rotatable bonds is 6. The number of nitrogens with one attached hydrogen (secondary N) is 1. The minimum Gasteiger partial charge on any atom is -0.497 e. The summed E-state index contributed by atoms with van der Waals surface area (Å²) in [4.78, 5) is 23.6. The van der Waals surface area contributed by atoms with Gasteiger partial charge >= 0.3 is 5.97 Å². The van der Waals surface area contributed by atoms with Crippen LogP contribution in [0.1, 0.15) is 57.1 Å². The molecule has 0 heterocycles. The number of carbonyl (C=O) groups is 2. The minimum absolute atomic E-state index is 0.0325. The van der Waals surface area contributed by atoms with E-state index in [1.165, 1.54) is 13.3 Å². The van der Waals surface area contributed by atoms with E-state index in [1.807, 2.05) is 24.3 Å². The second-order valence-corrected chi connectivity index (χ2v) is 5.98. The topological polar surface area (TPSA) is 64.6 Å². The molecule has 5 heteroatoms. The maximum Gasteiger partial charge on any atom is 0.308 e. The molecule has 1 aromatic rings. The van der Waals surface area contributed by atoms with E-state index in [9.17, 15) is 9.59 Å². The zero-order chi connectivity index (χ0) is 16.7. The van der Waals surface area contributed by atoms with Crippen molar-refractivity contribution in [3.8, 4) is 5.75 Å². The van der Waals surface area contributed by atoms with Crippen molar-refractivity contribution in [2.75, 3.05) is 7.11 Å². The van der Waals surface area contributed by atoms with E-state index in [0.717, 1.165) is 37.0 Å². The van der Waals surface area contributed by atoms with E-state index in [0.29, 0.717) is 0 Å². The summed E-state index contributed by atoms with van der Waals surface area (Å²) < 4.78 is 10.7. The summed E-state index contributed by atoms with van der Waals surface area (Å²) in [5.41, 5.74) is 0.863. The minimum atomic E-state index is -0.380. The fourth-order valence-corrected chi connectivity index (χ4v) is 2.92. The van der Waals surface area contributed by atoms with Crippen LogP contribution >= 0.6 is 0 Å². The molecule has 1 aliphatic rings. The number of hydrogen-bond donors (Lipinski definition) is 1. The van der Waals surface area contributed by atoms with Crippen LogP contribution in [0.25, 0.3) is 0 Å². The third-order valence-corrected chi connectivity index (χ3v) is 4.12. The zero-order valence-corrected chi connectivity index (χ0v) is 13.8. The molecule has 0 saturated heterocycles. The maximum absolute atomic E-state index is 12.2. The lowest BCUT2D eigenvalue weighted by atomic mass is 9.97. The predicted molar refractivity (Wildman–Crippen MR) is 87.1 cm³/mol. The van der Waals surface area contributed by atoms with Crippen LogP contribution in [0, 0.1) is 0 Å². The molecule has 0 bridgehead atoms. The highest BCUT2D eigenvalue weighted by Crippen LogP contribution is 2.24. The number of benzene rings is 1. The predicted octanol–water partition coefficient (Wildman–Crippen LogP) is 3.14. The summed E-state index contributed by atoms with van der Waals surface area (Å²) in [7, 11) is 1.60. The average molecular weight is 319 g/mol. The zero-order valence-electron chi connectivity index (χ0n) is 13.8. The molecule has 0 spiro atoms. The fraction of sp³-hybridized carbons (Fsp3) is 0.556. The van der Waals surface area contributed by atoms with E-state index < -0.39 is 0 Å². The summed E-state index contributed by atoms with van der Waals surface area (Å²) >= 11 is 0. The Labute approximate surface area is 137 Å². The second-order valence-electron chi connectivity index (χ2n) is 5.98. The Balaban J connectivity index is 1.99. The molecule has 1 atom stereocenters. The van der Waals surface area contributed by atoms with Crippen LogP contribution in [0.3, 0.4) is 0 Å². The van der Waals surface area contributed by atoms with Crippen molar-refractivity contribution in [3.05, 3.63) is 29.8 Å². The Morgan fingerprint density at radius 1 is 1.17 bits per heavy atom. The lowest BCUT2D eigenvalue weighted by Gasteiger charge is -2.24. The summed E-state index contributed by atoms with van der Waals surface area (Å²) in [5, 5.41) is 2.82. The molecule has 1 N–H and O–H groups in total. The summed E-state index contributed by atoms with van der Waals surface area (Å²) in [6.45, 7) is 1.45. The smallest absolute Gasteiger partial charge is 0.308 e. The number of ether oxygens (including phenoxy) is 2. The molecule has 1 unspecified atom stereocenters. The normalized spacial score (nSPS) is 16.4. The van der Waals surface area contributed by atoms with E-state index in [4.69, 9.17) is 9.47 Å². The molecule has 0 aromatic heterocycles. The van der Waals surface area contributed by atoms with E-state index in [2.05, 4.69) is 5.32 Å². The van der Waals surface area contributed by atoms with Gasteiger partial charge in [0.15, 0.2) is 0 Å². The lowest BCUT2D eigenvalue weighted by Crippen LogP contribution is -2.30. The lowest BCUT2D eigenvalue weighted by molar-refractivity contribution is -0.151. The molecular weight excluding hydrogens is 294 g/mol. The summed E-state index contributed by atoms with van der Waals surface area (Å²) in [6, 6.07) is 6.96. The van der Waals surface area contributed by atoms with Crippen molar-refractivity contribution in [1.29, 1.82) is 0 Å². The number of esters is 1. The van der Waals surface area contributed by atoms with E-state index in [-0.39, 0.29) is 30.4 Å². The molecule has 5 nitrogen and oxygen atoms in total. The van der Waals surface area contributed by atoms with Gasteiger partial charge in [-0.05, 0) is 43.4 Å². The van der Waals surface area contributed by atoms with Crippen LogP contribution in [0.15, 0.2) is 24.3 Å². The Bertz CT molecular complexity index is 520. The Morgan fingerprint density at radius 3 is 2.39 bits per heavy atom. The fourth-order valence-electron chi connectivity index (χ4n) is 2.92. The summed E-state index contributed by atoms with van der Waals surface area (Å²) in [5.74, 6) is 0.308. The Hall–Kier alpha value is -2.04. The van der Waals surface area contributed by atoms with E-state index in [1.54, 1.807) is 7.11 Å². The van der Waals surface area contributed by atoms with Crippen LogP contribution in [0.4, 0.5) is 0 Å². The molecule has 126 valence electrons. The molecule has 2 rings (SSSR count). The summed E-state index contributed by atoms with van der Waals surface area (Å²) in [6.07, 6.45) is 5.51. The van der Waals surface area contributed by atoms with Crippen LogP contribution in [-0.2, 0) is 14.3 Å². The second kappa shape index (κ2) is 8.56. The molecule has 1 aliphatic carbocycles. The van der Waals surface area contributed by atoms with Gasteiger partial charge in [0, 0.05) is 6.92 Å². The third-order valence-electron chi connectivity index (χ3n) is 4.12. The van der Waals surface area contributed by atoms with Crippen LogP contribution in [0.5, 0.6) is 5.75 Å². The molecular formula is C18H25NO4. The highest BCUT2D eigenvalue weighted by atomic mass is 16.5. The van der Waals surface area contributed by atoms with Gasteiger partial charge in [0.05, 0.1) is 19.6 Å². The number of hydrogen-bond acceptors (Lipinski definition) is 4. The first kappa shape index (κ1) is 17.3. The molecule has 1 fully saturated rings. The molecule has 1 saturated carbocycles. The van der Waals surface area contributed by atoms with Gasteiger partial charge in [-0.15, -0.1) is 0 Å². The van der Waals surface area contributed by atoms with Gasteiger partial charge < -0.3 is 14.8 Å². The highest BCUT2D eigenvalue weighted by Gasteiger charge is 2.22. The first-order valence-electron chi connectivity index (χ1n) is 8.19. The van der Waals surface area contributed by atoms with Gasteiger partial charge in [-0.2, -0.15) is 0 Å². The first-order chi connectivity index (χ1) is 11.1. The van der Waals surface area contributed by atoms with Crippen LogP contribution < -0.4 is 10.1 Å². The van der Waals surface area contributed by atoms with Gasteiger partial charge in [0.25, 0.3) is 0 Å². The largest absolute Gasteiger partial charge is 0.497 e. The quantitative estimate of drug-likeness (QED) is 0.818. The molecule has 1 amide bonds. The van der Waals surface area contributed by atoms with Crippen LogP contribution in [-0.4, -0.2) is 25.1 Å².